The van der Waals surface area contributed by atoms with Crippen LogP contribution in [-0.2, 0) is 4.74 Å². The lowest BCUT2D eigenvalue weighted by molar-refractivity contribution is 0.265. The lowest BCUT2D eigenvalue weighted by atomic mass is 10.1. The minimum absolute atomic E-state index is 0.280. The molecule has 0 spiro atoms. The van der Waals surface area contributed by atoms with E-state index in [1.165, 1.54) is 0 Å². The van der Waals surface area contributed by atoms with Gasteiger partial charge in [0.2, 0.25) is 0 Å². The van der Waals surface area contributed by atoms with E-state index in [0.29, 0.717) is 6.61 Å². The smallest absolute Gasteiger partial charge is 0.127 e. The molecule has 0 amide bonds. The quantitative estimate of drug-likeness (QED) is 0.567. The van der Waals surface area contributed by atoms with Crippen molar-refractivity contribution >= 4 is 10.8 Å². The van der Waals surface area contributed by atoms with Gasteiger partial charge < -0.3 is 14.2 Å². The van der Waals surface area contributed by atoms with Crippen LogP contribution < -0.4 is 9.47 Å². The van der Waals surface area contributed by atoms with Crippen LogP contribution in [0.5, 0.6) is 11.5 Å². The molecule has 0 bridgehead atoms. The van der Waals surface area contributed by atoms with Gasteiger partial charge in [-0.05, 0) is 36.1 Å². The highest BCUT2D eigenvalue weighted by Gasteiger charge is 2.23. The monoisotopic (exact) mass is 272 g/mol. The van der Waals surface area contributed by atoms with Crippen molar-refractivity contribution in [2.45, 2.75) is 25.9 Å². The van der Waals surface area contributed by atoms with Crippen molar-refractivity contribution in [2.24, 2.45) is 0 Å². The Morgan fingerprint density at radius 3 is 2.90 bits per heavy atom. The maximum atomic E-state index is 5.82. The molecule has 0 N–H and O–H groups in total. The van der Waals surface area contributed by atoms with Gasteiger partial charge >= 0.3 is 0 Å². The largest absolute Gasteiger partial charge is 0.494 e. The Kier molecular flexibility index (Phi) is 4.07. The highest BCUT2D eigenvalue weighted by molar-refractivity contribution is 5.89. The minimum Gasteiger partial charge on any atom is -0.494 e. The van der Waals surface area contributed by atoms with Gasteiger partial charge in [0.05, 0.1) is 13.2 Å². The maximum Gasteiger partial charge on any atom is 0.127 e. The summed E-state index contributed by atoms with van der Waals surface area (Å²) < 4.78 is 16.7. The summed E-state index contributed by atoms with van der Waals surface area (Å²) in [5.41, 5.74) is 0. The van der Waals surface area contributed by atoms with Crippen LogP contribution in [0, 0.1) is 0 Å². The van der Waals surface area contributed by atoms with E-state index in [1.54, 1.807) is 0 Å². The van der Waals surface area contributed by atoms with Crippen LogP contribution in [0.1, 0.15) is 19.8 Å². The SMILES string of the molecule is CCCCOc1ccc2c(OCC3CO3)cccc2c1. The zero-order valence-corrected chi connectivity index (χ0v) is 11.8. The highest BCUT2D eigenvalue weighted by Crippen LogP contribution is 2.29. The summed E-state index contributed by atoms with van der Waals surface area (Å²) in [5.74, 6) is 1.84. The number of hydrogen-bond donors (Lipinski definition) is 0. The molecular formula is C17H20O3. The summed E-state index contributed by atoms with van der Waals surface area (Å²) in [5, 5.41) is 2.27. The van der Waals surface area contributed by atoms with E-state index in [2.05, 4.69) is 25.1 Å². The Labute approximate surface area is 119 Å². The molecule has 2 aromatic carbocycles. The van der Waals surface area contributed by atoms with Crippen molar-refractivity contribution in [1.82, 2.24) is 0 Å². The van der Waals surface area contributed by atoms with E-state index in [0.717, 1.165) is 48.3 Å². The number of rotatable bonds is 7. The number of epoxide rings is 1. The Balaban J connectivity index is 1.75. The van der Waals surface area contributed by atoms with Crippen molar-refractivity contribution in [3.8, 4) is 11.5 Å². The standard InChI is InChI=1S/C17H20O3/c1-2-3-9-18-14-7-8-16-13(10-14)5-4-6-17(16)20-12-15-11-19-15/h4-8,10,15H,2-3,9,11-12H2,1H3. The molecule has 0 aliphatic carbocycles. The molecule has 3 rings (SSSR count). The summed E-state index contributed by atoms with van der Waals surface area (Å²) in [4.78, 5) is 0. The van der Waals surface area contributed by atoms with Gasteiger partial charge in [0.1, 0.15) is 24.2 Å². The summed E-state index contributed by atoms with van der Waals surface area (Å²) in [6.07, 6.45) is 2.51. The van der Waals surface area contributed by atoms with Crippen LogP contribution in [0.25, 0.3) is 10.8 Å². The summed E-state index contributed by atoms with van der Waals surface area (Å²) in [7, 11) is 0. The molecule has 3 heteroatoms. The molecule has 106 valence electrons. The summed E-state index contributed by atoms with van der Waals surface area (Å²) in [6, 6.07) is 12.3. The first kappa shape index (κ1) is 13.3. The van der Waals surface area contributed by atoms with Crippen molar-refractivity contribution in [1.29, 1.82) is 0 Å². The predicted molar refractivity (Wildman–Crippen MR) is 79.6 cm³/mol. The third-order valence-corrected chi connectivity index (χ3v) is 3.41. The van der Waals surface area contributed by atoms with E-state index in [4.69, 9.17) is 14.2 Å². The maximum absolute atomic E-state index is 5.82. The predicted octanol–water partition coefficient (Wildman–Crippen LogP) is 3.80. The number of ether oxygens (including phenoxy) is 3. The molecule has 1 aliphatic heterocycles. The number of hydrogen-bond acceptors (Lipinski definition) is 3. The van der Waals surface area contributed by atoms with Gasteiger partial charge in [0, 0.05) is 5.39 Å². The molecule has 1 aliphatic rings. The Hall–Kier alpha value is -1.74. The average molecular weight is 272 g/mol. The van der Waals surface area contributed by atoms with Crippen molar-refractivity contribution in [3.63, 3.8) is 0 Å². The molecule has 1 unspecified atom stereocenters. The first-order valence-corrected chi connectivity index (χ1v) is 7.27. The van der Waals surface area contributed by atoms with Crippen molar-refractivity contribution in [3.05, 3.63) is 36.4 Å². The molecular weight excluding hydrogens is 252 g/mol. The van der Waals surface area contributed by atoms with Gasteiger partial charge in [-0.1, -0.05) is 25.5 Å². The van der Waals surface area contributed by atoms with Crippen LogP contribution in [0.2, 0.25) is 0 Å². The molecule has 3 nitrogen and oxygen atoms in total. The normalized spacial score (nSPS) is 17.1. The highest BCUT2D eigenvalue weighted by atomic mass is 16.6. The van der Waals surface area contributed by atoms with Gasteiger partial charge in [0.25, 0.3) is 0 Å². The van der Waals surface area contributed by atoms with Crippen molar-refractivity contribution in [2.75, 3.05) is 19.8 Å². The first-order valence-electron chi connectivity index (χ1n) is 7.27. The van der Waals surface area contributed by atoms with E-state index in [9.17, 15) is 0 Å². The Morgan fingerprint density at radius 2 is 2.10 bits per heavy atom. The molecule has 0 saturated carbocycles. The van der Waals surface area contributed by atoms with Gasteiger partial charge in [-0.2, -0.15) is 0 Å². The van der Waals surface area contributed by atoms with Gasteiger partial charge in [-0.3, -0.25) is 0 Å². The average Bonchev–Trinajstić information content (AvgIpc) is 3.29. The summed E-state index contributed by atoms with van der Waals surface area (Å²) >= 11 is 0. The minimum atomic E-state index is 0.280. The molecule has 1 heterocycles. The number of benzene rings is 2. The van der Waals surface area contributed by atoms with Gasteiger partial charge in [-0.25, -0.2) is 0 Å². The molecule has 0 radical (unpaired) electrons. The van der Waals surface area contributed by atoms with Crippen LogP contribution in [-0.4, -0.2) is 25.9 Å². The fourth-order valence-corrected chi connectivity index (χ4v) is 2.13. The Morgan fingerprint density at radius 1 is 1.20 bits per heavy atom. The van der Waals surface area contributed by atoms with E-state index in [1.807, 2.05) is 18.2 Å². The second kappa shape index (κ2) is 6.14. The zero-order valence-electron chi connectivity index (χ0n) is 11.8. The van der Waals surface area contributed by atoms with E-state index >= 15 is 0 Å². The summed E-state index contributed by atoms with van der Waals surface area (Å²) in [6.45, 7) is 4.39. The van der Waals surface area contributed by atoms with Crippen molar-refractivity contribution < 1.29 is 14.2 Å². The topological polar surface area (TPSA) is 31.0 Å². The number of fused-ring (bicyclic) bond motifs is 1. The third kappa shape index (κ3) is 3.23. The van der Waals surface area contributed by atoms with Crippen LogP contribution in [0.15, 0.2) is 36.4 Å². The zero-order chi connectivity index (χ0) is 13.8. The van der Waals surface area contributed by atoms with Crippen LogP contribution >= 0.6 is 0 Å². The fourth-order valence-electron chi connectivity index (χ4n) is 2.13. The first-order chi connectivity index (χ1) is 9.86. The molecule has 1 saturated heterocycles. The van der Waals surface area contributed by atoms with Crippen LogP contribution in [0.4, 0.5) is 0 Å². The van der Waals surface area contributed by atoms with E-state index in [-0.39, 0.29) is 6.10 Å². The molecule has 1 fully saturated rings. The number of unbranched alkanes of at least 4 members (excludes halogenated alkanes) is 1. The Bertz CT molecular complexity index is 575. The second-order valence-electron chi connectivity index (χ2n) is 5.11. The molecule has 1 atom stereocenters. The lowest BCUT2D eigenvalue weighted by Gasteiger charge is -2.10. The van der Waals surface area contributed by atoms with E-state index < -0.39 is 0 Å². The molecule has 2 aromatic rings. The molecule has 20 heavy (non-hydrogen) atoms. The third-order valence-electron chi connectivity index (χ3n) is 3.41. The second-order valence-corrected chi connectivity index (χ2v) is 5.11. The molecule has 0 aromatic heterocycles. The lowest BCUT2D eigenvalue weighted by Crippen LogP contribution is -2.04. The van der Waals surface area contributed by atoms with Crippen LogP contribution in [0.3, 0.4) is 0 Å². The van der Waals surface area contributed by atoms with Gasteiger partial charge in [-0.15, -0.1) is 0 Å². The van der Waals surface area contributed by atoms with Gasteiger partial charge in [0.15, 0.2) is 0 Å². The fraction of sp³-hybridized carbons (Fsp3) is 0.412.